The monoisotopic (exact) mass is 389 g/mol. The van der Waals surface area contributed by atoms with E-state index in [4.69, 9.17) is 18.9 Å². The number of halogens is 1. The van der Waals surface area contributed by atoms with E-state index in [1.54, 1.807) is 21.3 Å². The van der Waals surface area contributed by atoms with Gasteiger partial charge in [0.2, 0.25) is 5.75 Å². The first-order valence-electron chi connectivity index (χ1n) is 8.54. The normalized spacial score (nSPS) is 19.5. The van der Waals surface area contributed by atoms with E-state index in [9.17, 15) is 5.21 Å². The Labute approximate surface area is 162 Å². The summed E-state index contributed by atoms with van der Waals surface area (Å²) in [7, 11) is 4.79. The van der Waals surface area contributed by atoms with Crippen LogP contribution in [0.2, 0.25) is 0 Å². The van der Waals surface area contributed by atoms with Crippen molar-refractivity contribution < 1.29 is 24.2 Å². The number of rotatable bonds is 6. The van der Waals surface area contributed by atoms with Gasteiger partial charge < -0.3 is 24.2 Å². The molecule has 1 aliphatic rings. The summed E-state index contributed by atoms with van der Waals surface area (Å²) in [4.78, 5) is 0. The second-order valence-electron chi connectivity index (χ2n) is 7.81. The molecule has 0 radical (unpaired) electrons. The fourth-order valence-corrected chi connectivity index (χ4v) is 3.73. The van der Waals surface area contributed by atoms with Crippen molar-refractivity contribution >= 4 is 12.4 Å². The Morgan fingerprint density at radius 3 is 1.81 bits per heavy atom. The van der Waals surface area contributed by atoms with Gasteiger partial charge >= 0.3 is 0 Å². The van der Waals surface area contributed by atoms with Gasteiger partial charge in [-0.3, -0.25) is 0 Å². The lowest BCUT2D eigenvalue weighted by atomic mass is 9.80. The Hall–Kier alpha value is -1.21. The van der Waals surface area contributed by atoms with E-state index in [2.05, 4.69) is 0 Å². The van der Waals surface area contributed by atoms with Crippen LogP contribution in [0.1, 0.15) is 46.1 Å². The van der Waals surface area contributed by atoms with E-state index < -0.39 is 0 Å². The minimum Gasteiger partial charge on any atom is -0.493 e. The van der Waals surface area contributed by atoms with Gasteiger partial charge in [-0.2, -0.15) is 5.06 Å². The maximum absolute atomic E-state index is 10.4. The molecule has 0 amide bonds. The smallest absolute Gasteiger partial charge is 0.203 e. The topological polar surface area (TPSA) is 60.4 Å². The van der Waals surface area contributed by atoms with E-state index in [0.29, 0.717) is 23.9 Å². The minimum atomic E-state index is -0.332. The van der Waals surface area contributed by atoms with E-state index in [0.717, 1.165) is 18.4 Å². The summed E-state index contributed by atoms with van der Waals surface area (Å²) in [5.74, 6) is 1.81. The van der Waals surface area contributed by atoms with Gasteiger partial charge in [-0.05, 0) is 58.2 Å². The van der Waals surface area contributed by atoms with Crippen molar-refractivity contribution in [2.75, 3.05) is 21.3 Å². The largest absolute Gasteiger partial charge is 0.493 e. The third-order valence-corrected chi connectivity index (χ3v) is 4.81. The van der Waals surface area contributed by atoms with Crippen LogP contribution in [0, 0.1) is 0 Å². The maximum atomic E-state index is 10.4. The molecule has 1 aromatic rings. The van der Waals surface area contributed by atoms with Gasteiger partial charge in [0.1, 0.15) is 0 Å². The van der Waals surface area contributed by atoms with Gasteiger partial charge in [0.25, 0.3) is 0 Å². The summed E-state index contributed by atoms with van der Waals surface area (Å²) in [5.41, 5.74) is 0.292. The number of hydrogen-bond acceptors (Lipinski definition) is 6. The van der Waals surface area contributed by atoms with Crippen LogP contribution in [0.25, 0.3) is 0 Å². The summed E-state index contributed by atoms with van der Waals surface area (Å²) >= 11 is 0. The van der Waals surface area contributed by atoms with Crippen LogP contribution >= 0.6 is 12.4 Å². The van der Waals surface area contributed by atoms with Crippen LogP contribution in [0.3, 0.4) is 0 Å². The van der Waals surface area contributed by atoms with Crippen molar-refractivity contribution in [1.29, 1.82) is 0 Å². The van der Waals surface area contributed by atoms with Gasteiger partial charge in [-0.1, -0.05) is 0 Å². The highest BCUT2D eigenvalue weighted by Crippen LogP contribution is 2.40. The number of benzene rings is 1. The van der Waals surface area contributed by atoms with Crippen molar-refractivity contribution in [3.63, 3.8) is 0 Å². The Morgan fingerprint density at radius 2 is 1.42 bits per heavy atom. The fourth-order valence-electron chi connectivity index (χ4n) is 3.73. The molecule has 0 unspecified atom stereocenters. The summed E-state index contributed by atoms with van der Waals surface area (Å²) in [5, 5.41) is 11.9. The van der Waals surface area contributed by atoms with Crippen molar-refractivity contribution in [3.05, 3.63) is 17.7 Å². The van der Waals surface area contributed by atoms with Crippen molar-refractivity contribution in [3.8, 4) is 17.2 Å². The zero-order valence-corrected chi connectivity index (χ0v) is 17.6. The molecule has 0 spiro atoms. The van der Waals surface area contributed by atoms with Gasteiger partial charge in [0.05, 0.1) is 34.0 Å². The average Bonchev–Trinajstić information content (AvgIpc) is 2.56. The quantitative estimate of drug-likeness (QED) is 0.791. The second kappa shape index (κ2) is 8.65. The first kappa shape index (κ1) is 22.8. The number of nitrogens with zero attached hydrogens (tertiary/aromatic N) is 1. The van der Waals surface area contributed by atoms with Gasteiger partial charge in [-0.15, -0.1) is 12.4 Å². The maximum Gasteiger partial charge on any atom is 0.203 e. The molecule has 0 aliphatic carbocycles. The third kappa shape index (κ3) is 4.74. The average molecular weight is 390 g/mol. The van der Waals surface area contributed by atoms with Crippen LogP contribution < -0.4 is 14.2 Å². The number of piperidine rings is 1. The molecule has 0 saturated carbocycles. The zero-order valence-electron chi connectivity index (χ0n) is 16.8. The third-order valence-electron chi connectivity index (χ3n) is 4.81. The molecule has 6 nitrogen and oxygen atoms in total. The molecular weight excluding hydrogens is 358 g/mol. The van der Waals surface area contributed by atoms with Crippen molar-refractivity contribution in [2.24, 2.45) is 0 Å². The highest BCUT2D eigenvalue weighted by Gasteiger charge is 2.45. The summed E-state index contributed by atoms with van der Waals surface area (Å²) < 4.78 is 22.3. The highest BCUT2D eigenvalue weighted by molar-refractivity contribution is 5.85. The predicted octanol–water partition coefficient (Wildman–Crippen LogP) is 4.06. The molecule has 1 aliphatic heterocycles. The molecule has 0 atom stereocenters. The number of methoxy groups -OCH3 is 3. The Kier molecular flexibility index (Phi) is 7.60. The molecule has 1 saturated heterocycles. The molecule has 150 valence electrons. The Balaban J connectivity index is 0.00000338. The highest BCUT2D eigenvalue weighted by atomic mass is 35.5. The first-order valence-corrected chi connectivity index (χ1v) is 8.54. The van der Waals surface area contributed by atoms with E-state index in [1.165, 1.54) is 5.06 Å². The number of hydroxylamine groups is 2. The SMILES string of the molecule is COc1cc(COC2CC(C)(C)N(O)C(C)(C)C2)cc(OC)c1OC.Cl. The standard InChI is InChI=1S/C19H31NO5.ClH/c1-18(2)10-14(11-19(3,4)20(18)21)25-12-13-8-15(22-5)17(24-7)16(9-13)23-6;/h8-9,14,21H,10-12H2,1-7H3;1H. The summed E-state index contributed by atoms with van der Waals surface area (Å²) in [6.45, 7) is 8.57. The molecule has 0 aromatic heterocycles. The van der Waals surface area contributed by atoms with Gasteiger partial charge in [0, 0.05) is 11.1 Å². The second-order valence-corrected chi connectivity index (χ2v) is 7.81. The lowest BCUT2D eigenvalue weighted by molar-refractivity contribution is -0.262. The van der Waals surface area contributed by atoms with Crippen LogP contribution in [-0.4, -0.2) is 48.8 Å². The first-order chi connectivity index (χ1) is 11.6. The molecule has 1 fully saturated rings. The molecule has 1 aromatic carbocycles. The van der Waals surface area contributed by atoms with E-state index in [1.807, 2.05) is 39.8 Å². The molecule has 1 N–H and O–H groups in total. The number of ether oxygens (including phenoxy) is 4. The minimum absolute atomic E-state index is 0. The van der Waals surface area contributed by atoms with Crippen molar-refractivity contribution in [2.45, 2.75) is 64.3 Å². The van der Waals surface area contributed by atoms with Gasteiger partial charge in [-0.25, -0.2) is 0 Å². The summed E-state index contributed by atoms with van der Waals surface area (Å²) in [6, 6.07) is 3.80. The molecule has 1 heterocycles. The predicted molar refractivity (Wildman–Crippen MR) is 103 cm³/mol. The lowest BCUT2D eigenvalue weighted by Crippen LogP contribution is -2.60. The lowest BCUT2D eigenvalue weighted by Gasteiger charge is -2.51. The van der Waals surface area contributed by atoms with E-state index in [-0.39, 0.29) is 29.6 Å². The van der Waals surface area contributed by atoms with E-state index >= 15 is 0 Å². The van der Waals surface area contributed by atoms with Crippen molar-refractivity contribution in [1.82, 2.24) is 5.06 Å². The number of hydrogen-bond donors (Lipinski definition) is 1. The molecule has 26 heavy (non-hydrogen) atoms. The molecular formula is C19H32ClNO5. The van der Waals surface area contributed by atoms with Crippen LogP contribution in [0.4, 0.5) is 0 Å². The molecule has 7 heteroatoms. The Morgan fingerprint density at radius 1 is 0.962 bits per heavy atom. The zero-order chi connectivity index (χ0) is 18.8. The Bertz CT molecular complexity index is 563. The molecule has 2 rings (SSSR count). The van der Waals surface area contributed by atoms with Crippen LogP contribution in [0.15, 0.2) is 12.1 Å². The summed E-state index contributed by atoms with van der Waals surface area (Å²) in [6.07, 6.45) is 1.59. The van der Waals surface area contributed by atoms with Crippen LogP contribution in [0.5, 0.6) is 17.2 Å². The molecule has 0 bridgehead atoms. The fraction of sp³-hybridized carbons (Fsp3) is 0.684. The van der Waals surface area contributed by atoms with Gasteiger partial charge in [0.15, 0.2) is 11.5 Å². The van der Waals surface area contributed by atoms with Crippen LogP contribution in [-0.2, 0) is 11.3 Å².